The number of hydrogen-bond acceptors (Lipinski definition) is 6. The van der Waals surface area contributed by atoms with Gasteiger partial charge >= 0.3 is 5.63 Å². The van der Waals surface area contributed by atoms with Crippen molar-refractivity contribution in [3.05, 3.63) is 113 Å². The molecule has 41 heavy (non-hydrogen) atoms. The van der Waals surface area contributed by atoms with Crippen LogP contribution in [-0.4, -0.2) is 34.0 Å². The maximum absolute atomic E-state index is 13.1. The second-order valence-corrected chi connectivity index (χ2v) is 9.85. The molecule has 0 aliphatic rings. The molecule has 2 heterocycles. The number of rotatable bonds is 7. The number of carbonyl (C=O) groups is 1. The Morgan fingerprint density at radius 1 is 0.878 bits per heavy atom. The number of carbonyl (C=O) groups excluding carboxylic acids is 1. The van der Waals surface area contributed by atoms with E-state index >= 15 is 0 Å². The first-order valence-electron chi connectivity index (χ1n) is 13.6. The molecule has 8 heteroatoms. The zero-order chi connectivity index (χ0) is 28.5. The molecule has 2 aromatic heterocycles. The molecular weight excluding hydrogens is 514 g/mol. The van der Waals surface area contributed by atoms with Gasteiger partial charge in [-0.3, -0.25) is 4.79 Å². The highest BCUT2D eigenvalue weighted by atomic mass is 16.4. The van der Waals surface area contributed by atoms with Crippen molar-refractivity contribution in [3.63, 3.8) is 0 Å². The Balaban J connectivity index is 1.22. The predicted molar refractivity (Wildman–Crippen MR) is 163 cm³/mol. The Morgan fingerprint density at radius 3 is 2.27 bits per heavy atom. The standard InChI is InChI=1S/C33H29N5O3/c1-4-37(5-2)25-14-16-26(17-15-25)38-35-29-18-21(3)28(20-30(29)36-38)34-32(39)23-12-10-22(11-13-23)27-19-24-8-6-7-9-31(24)41-33(27)40/h6-20H,4-5H2,1-3H3,(H,34,39). The first-order valence-corrected chi connectivity index (χ1v) is 13.6. The van der Waals surface area contributed by atoms with Crippen molar-refractivity contribution in [2.24, 2.45) is 0 Å². The molecule has 0 fully saturated rings. The van der Waals surface area contributed by atoms with Crippen molar-refractivity contribution in [1.29, 1.82) is 0 Å². The van der Waals surface area contributed by atoms with Gasteiger partial charge in [0.05, 0.1) is 11.3 Å². The fourth-order valence-corrected chi connectivity index (χ4v) is 4.96. The summed E-state index contributed by atoms with van der Waals surface area (Å²) < 4.78 is 5.46. The summed E-state index contributed by atoms with van der Waals surface area (Å²) in [6, 6.07) is 28.0. The zero-order valence-corrected chi connectivity index (χ0v) is 23.1. The van der Waals surface area contributed by atoms with Crippen molar-refractivity contribution in [3.8, 4) is 16.8 Å². The Hall–Kier alpha value is -5.24. The summed E-state index contributed by atoms with van der Waals surface area (Å²) in [5.41, 5.74) is 6.69. The molecule has 6 rings (SSSR count). The highest BCUT2D eigenvalue weighted by Gasteiger charge is 2.14. The average molecular weight is 544 g/mol. The van der Waals surface area contributed by atoms with Crippen LogP contribution >= 0.6 is 0 Å². The van der Waals surface area contributed by atoms with Crippen molar-refractivity contribution in [1.82, 2.24) is 15.0 Å². The number of benzene rings is 4. The topological polar surface area (TPSA) is 93.3 Å². The lowest BCUT2D eigenvalue weighted by atomic mass is 10.0. The summed E-state index contributed by atoms with van der Waals surface area (Å²) in [5, 5.41) is 13.1. The van der Waals surface area contributed by atoms with E-state index in [1.165, 1.54) is 0 Å². The molecule has 0 unspecified atom stereocenters. The minimum atomic E-state index is -0.419. The van der Waals surface area contributed by atoms with Gasteiger partial charge in [-0.1, -0.05) is 30.3 Å². The van der Waals surface area contributed by atoms with Gasteiger partial charge in [-0.25, -0.2) is 4.79 Å². The summed E-state index contributed by atoms with van der Waals surface area (Å²) in [6.07, 6.45) is 0. The second-order valence-electron chi connectivity index (χ2n) is 9.85. The number of aryl methyl sites for hydroxylation is 1. The fourth-order valence-electron chi connectivity index (χ4n) is 4.96. The Labute approximate surface area is 236 Å². The smallest absolute Gasteiger partial charge is 0.344 e. The van der Waals surface area contributed by atoms with Crippen LogP contribution in [0.3, 0.4) is 0 Å². The van der Waals surface area contributed by atoms with Gasteiger partial charge in [0.2, 0.25) is 0 Å². The highest BCUT2D eigenvalue weighted by Crippen LogP contribution is 2.25. The third kappa shape index (κ3) is 5.07. The monoisotopic (exact) mass is 543 g/mol. The molecule has 0 atom stereocenters. The molecule has 0 saturated heterocycles. The number of nitrogens with one attached hydrogen (secondary N) is 1. The maximum atomic E-state index is 13.1. The fraction of sp³-hybridized carbons (Fsp3) is 0.152. The first kappa shape index (κ1) is 26.0. The van der Waals surface area contributed by atoms with Crippen LogP contribution in [0.4, 0.5) is 11.4 Å². The van der Waals surface area contributed by atoms with Crippen LogP contribution in [0.2, 0.25) is 0 Å². The minimum absolute atomic E-state index is 0.260. The van der Waals surface area contributed by atoms with Gasteiger partial charge in [0.1, 0.15) is 16.6 Å². The van der Waals surface area contributed by atoms with E-state index in [4.69, 9.17) is 4.42 Å². The minimum Gasteiger partial charge on any atom is -0.422 e. The number of para-hydroxylation sites is 1. The number of nitrogens with zero attached hydrogens (tertiary/aromatic N) is 4. The normalized spacial score (nSPS) is 11.2. The SMILES string of the molecule is CCN(CC)c1ccc(-n2nc3cc(C)c(NC(=O)c4ccc(-c5cc6ccccc6oc5=O)cc4)cc3n2)cc1. The summed E-state index contributed by atoms with van der Waals surface area (Å²) >= 11 is 0. The van der Waals surface area contributed by atoms with Gasteiger partial charge in [-0.05, 0) is 92.6 Å². The third-order valence-corrected chi connectivity index (χ3v) is 7.28. The van der Waals surface area contributed by atoms with Gasteiger partial charge in [-0.15, -0.1) is 10.2 Å². The van der Waals surface area contributed by atoms with Crippen molar-refractivity contribution in [2.75, 3.05) is 23.3 Å². The first-order chi connectivity index (χ1) is 19.9. The number of aromatic nitrogens is 3. The third-order valence-electron chi connectivity index (χ3n) is 7.28. The molecule has 1 N–H and O–H groups in total. The number of amides is 1. The van der Waals surface area contributed by atoms with E-state index in [9.17, 15) is 9.59 Å². The molecule has 6 aromatic rings. The van der Waals surface area contributed by atoms with Crippen LogP contribution < -0.4 is 15.8 Å². The van der Waals surface area contributed by atoms with E-state index in [0.29, 0.717) is 33.5 Å². The molecule has 0 bridgehead atoms. The average Bonchev–Trinajstić information content (AvgIpc) is 3.40. The Kier molecular flexibility index (Phi) is 6.81. The molecule has 0 aliphatic heterocycles. The largest absolute Gasteiger partial charge is 0.422 e. The van der Waals surface area contributed by atoms with Crippen LogP contribution in [0.25, 0.3) is 38.8 Å². The highest BCUT2D eigenvalue weighted by molar-refractivity contribution is 6.05. The van der Waals surface area contributed by atoms with E-state index in [0.717, 1.165) is 40.9 Å². The van der Waals surface area contributed by atoms with Crippen LogP contribution in [0.1, 0.15) is 29.8 Å². The number of hydrogen-bond donors (Lipinski definition) is 1. The van der Waals surface area contributed by atoms with E-state index in [1.54, 1.807) is 41.2 Å². The molecule has 8 nitrogen and oxygen atoms in total. The Bertz CT molecular complexity index is 1940. The quantitative estimate of drug-likeness (QED) is 0.228. The molecule has 0 radical (unpaired) electrons. The maximum Gasteiger partial charge on any atom is 0.344 e. The molecule has 0 aliphatic carbocycles. The van der Waals surface area contributed by atoms with Crippen molar-refractivity contribution >= 4 is 39.3 Å². The molecule has 4 aromatic carbocycles. The van der Waals surface area contributed by atoms with Crippen molar-refractivity contribution in [2.45, 2.75) is 20.8 Å². The van der Waals surface area contributed by atoms with Gasteiger partial charge in [0, 0.05) is 35.4 Å². The second kappa shape index (κ2) is 10.7. The van der Waals surface area contributed by atoms with Gasteiger partial charge in [0.25, 0.3) is 5.91 Å². The molecule has 0 saturated carbocycles. The summed E-state index contributed by atoms with van der Waals surface area (Å²) in [5.74, 6) is -0.260. The number of anilines is 2. The van der Waals surface area contributed by atoms with Gasteiger partial charge < -0.3 is 14.6 Å². The summed E-state index contributed by atoms with van der Waals surface area (Å²) in [4.78, 5) is 29.6. The van der Waals surface area contributed by atoms with Crippen LogP contribution in [0.15, 0.2) is 100 Å². The molecule has 0 spiro atoms. The lowest BCUT2D eigenvalue weighted by Gasteiger charge is -2.20. The summed E-state index contributed by atoms with van der Waals surface area (Å²) in [6.45, 7) is 8.09. The van der Waals surface area contributed by atoms with Crippen molar-refractivity contribution < 1.29 is 9.21 Å². The van der Waals surface area contributed by atoms with E-state index in [1.807, 2.05) is 49.4 Å². The van der Waals surface area contributed by atoms with Crippen LogP contribution in [-0.2, 0) is 0 Å². The predicted octanol–water partition coefficient (Wildman–Crippen LogP) is 6.60. The number of fused-ring (bicyclic) bond motifs is 2. The molecule has 204 valence electrons. The van der Waals surface area contributed by atoms with Gasteiger partial charge in [-0.2, -0.15) is 4.80 Å². The van der Waals surface area contributed by atoms with E-state index in [2.05, 4.69) is 46.4 Å². The Morgan fingerprint density at radius 2 is 1.56 bits per heavy atom. The van der Waals surface area contributed by atoms with Crippen LogP contribution in [0, 0.1) is 6.92 Å². The van der Waals surface area contributed by atoms with E-state index < -0.39 is 5.63 Å². The molecular formula is C33H29N5O3. The lowest BCUT2D eigenvalue weighted by Crippen LogP contribution is -2.21. The van der Waals surface area contributed by atoms with Crippen LogP contribution in [0.5, 0.6) is 0 Å². The molecule has 1 amide bonds. The summed E-state index contributed by atoms with van der Waals surface area (Å²) in [7, 11) is 0. The van der Waals surface area contributed by atoms with E-state index in [-0.39, 0.29) is 5.91 Å². The zero-order valence-electron chi connectivity index (χ0n) is 23.1. The lowest BCUT2D eigenvalue weighted by molar-refractivity contribution is 0.102. The van der Waals surface area contributed by atoms with Gasteiger partial charge in [0.15, 0.2) is 0 Å².